The van der Waals surface area contributed by atoms with E-state index in [9.17, 15) is 4.79 Å². The lowest BCUT2D eigenvalue weighted by atomic mass is 10.1. The second-order valence-electron chi connectivity index (χ2n) is 5.26. The molecule has 1 atom stereocenters. The second kappa shape index (κ2) is 6.78. The van der Waals surface area contributed by atoms with Crippen molar-refractivity contribution in [2.45, 2.75) is 43.5 Å². The number of rotatable bonds is 5. The molecule has 2 aliphatic rings. The Hall–Kier alpha value is -0.260. The summed E-state index contributed by atoms with van der Waals surface area (Å²) in [6.45, 7) is 5.42. The summed E-state index contributed by atoms with van der Waals surface area (Å²) in [5.41, 5.74) is 0. The lowest BCUT2D eigenvalue weighted by Crippen LogP contribution is -2.42. The van der Waals surface area contributed by atoms with Gasteiger partial charge in [-0.2, -0.15) is 0 Å². The number of thioether (sulfide) groups is 1. The zero-order valence-corrected chi connectivity index (χ0v) is 12.0. The van der Waals surface area contributed by atoms with Crippen molar-refractivity contribution in [3.05, 3.63) is 0 Å². The molecule has 5 heteroatoms. The predicted molar refractivity (Wildman–Crippen MR) is 75.0 cm³/mol. The van der Waals surface area contributed by atoms with Crippen LogP contribution in [-0.2, 0) is 9.53 Å². The Kier molecular flexibility index (Phi) is 5.33. The van der Waals surface area contributed by atoms with E-state index >= 15 is 0 Å². The fraction of sp³-hybridized carbons (Fsp3) is 0.923. The zero-order valence-electron chi connectivity index (χ0n) is 11.2. The van der Waals surface area contributed by atoms with E-state index in [-0.39, 0.29) is 10.7 Å². The molecule has 0 aromatic heterocycles. The molecule has 1 unspecified atom stereocenters. The smallest absolute Gasteiger partial charge is 0.236 e. The van der Waals surface area contributed by atoms with Gasteiger partial charge in [0.25, 0.3) is 0 Å². The first-order valence-electron chi connectivity index (χ1n) is 6.95. The van der Waals surface area contributed by atoms with Crippen LogP contribution in [-0.4, -0.2) is 48.8 Å². The monoisotopic (exact) mass is 272 g/mol. The highest BCUT2D eigenvalue weighted by atomic mass is 32.2. The highest BCUT2D eigenvalue weighted by Crippen LogP contribution is 2.37. The van der Waals surface area contributed by atoms with Gasteiger partial charge in [-0.3, -0.25) is 4.79 Å². The van der Waals surface area contributed by atoms with Gasteiger partial charge in [-0.05, 0) is 51.4 Å². The number of ether oxygens (including phenoxy) is 1. The highest BCUT2D eigenvalue weighted by molar-refractivity contribution is 8.01. The molecular formula is C13H24N2O2S. The molecule has 104 valence electrons. The van der Waals surface area contributed by atoms with Crippen molar-refractivity contribution in [3.63, 3.8) is 0 Å². The fourth-order valence-corrected chi connectivity index (χ4v) is 3.73. The zero-order chi connectivity index (χ0) is 12.8. The van der Waals surface area contributed by atoms with E-state index in [1.54, 1.807) is 11.8 Å². The summed E-state index contributed by atoms with van der Waals surface area (Å²) in [6.07, 6.45) is 4.70. The number of amides is 1. The van der Waals surface area contributed by atoms with Crippen molar-refractivity contribution in [2.24, 2.45) is 0 Å². The largest absolute Gasteiger partial charge is 0.376 e. The van der Waals surface area contributed by atoms with Crippen LogP contribution in [0.5, 0.6) is 0 Å². The Morgan fingerprint density at radius 1 is 1.50 bits per heavy atom. The normalized spacial score (nSPS) is 29.4. The number of carbonyl (C=O) groups excluding carboxylic acids is 1. The molecule has 2 fully saturated rings. The van der Waals surface area contributed by atoms with Gasteiger partial charge in [-0.1, -0.05) is 0 Å². The third-order valence-electron chi connectivity index (χ3n) is 3.73. The molecule has 2 heterocycles. The quantitative estimate of drug-likeness (QED) is 0.737. The number of hydrogen-bond acceptors (Lipinski definition) is 4. The van der Waals surface area contributed by atoms with Crippen molar-refractivity contribution in [1.29, 1.82) is 0 Å². The molecule has 0 bridgehead atoms. The number of piperidine rings is 1. The SMILES string of the molecule is CC1(C(=O)NCCOC2CCNCC2)CCCS1. The van der Waals surface area contributed by atoms with Crippen LogP contribution >= 0.6 is 11.8 Å². The van der Waals surface area contributed by atoms with Crippen LogP contribution in [0.25, 0.3) is 0 Å². The van der Waals surface area contributed by atoms with Gasteiger partial charge < -0.3 is 15.4 Å². The summed E-state index contributed by atoms with van der Waals surface area (Å²) < 4.78 is 5.57. The van der Waals surface area contributed by atoms with Crippen LogP contribution in [0.3, 0.4) is 0 Å². The standard InChI is InChI=1S/C13H24N2O2S/c1-13(5-2-10-18-13)12(16)15-8-9-17-11-3-6-14-7-4-11/h11,14H,2-10H2,1H3,(H,15,16). The average molecular weight is 272 g/mol. The first kappa shape index (κ1) is 14.2. The first-order valence-corrected chi connectivity index (χ1v) is 7.94. The topological polar surface area (TPSA) is 50.4 Å². The van der Waals surface area contributed by atoms with Gasteiger partial charge in [-0.15, -0.1) is 11.8 Å². The lowest BCUT2D eigenvalue weighted by Gasteiger charge is -2.24. The Labute approximate surface area is 114 Å². The molecule has 2 N–H and O–H groups in total. The van der Waals surface area contributed by atoms with Crippen LogP contribution < -0.4 is 10.6 Å². The Bertz CT molecular complexity index is 274. The Balaban J connectivity index is 1.58. The van der Waals surface area contributed by atoms with E-state index in [0.29, 0.717) is 19.3 Å². The summed E-state index contributed by atoms with van der Waals surface area (Å²) in [5.74, 6) is 1.29. The predicted octanol–water partition coefficient (Wildman–Crippen LogP) is 1.16. The molecule has 0 radical (unpaired) electrons. The molecule has 2 rings (SSSR count). The van der Waals surface area contributed by atoms with Gasteiger partial charge >= 0.3 is 0 Å². The molecular weight excluding hydrogens is 248 g/mol. The minimum Gasteiger partial charge on any atom is -0.376 e. The molecule has 0 spiro atoms. The molecule has 0 aromatic carbocycles. The highest BCUT2D eigenvalue weighted by Gasteiger charge is 2.36. The third-order valence-corrected chi connectivity index (χ3v) is 5.25. The molecule has 0 aliphatic carbocycles. The van der Waals surface area contributed by atoms with Gasteiger partial charge in [-0.25, -0.2) is 0 Å². The maximum atomic E-state index is 12.0. The van der Waals surface area contributed by atoms with E-state index in [1.807, 2.05) is 6.92 Å². The molecule has 18 heavy (non-hydrogen) atoms. The first-order chi connectivity index (χ1) is 8.71. The molecule has 0 saturated carbocycles. The summed E-state index contributed by atoms with van der Waals surface area (Å²) in [5, 5.41) is 6.32. The number of hydrogen-bond donors (Lipinski definition) is 2. The van der Waals surface area contributed by atoms with Crippen molar-refractivity contribution >= 4 is 17.7 Å². The van der Waals surface area contributed by atoms with Gasteiger partial charge in [0.05, 0.1) is 17.5 Å². The lowest BCUT2D eigenvalue weighted by molar-refractivity contribution is -0.123. The summed E-state index contributed by atoms with van der Waals surface area (Å²) >= 11 is 1.78. The molecule has 1 amide bonds. The maximum Gasteiger partial charge on any atom is 0.236 e. The summed E-state index contributed by atoms with van der Waals surface area (Å²) in [7, 11) is 0. The Morgan fingerprint density at radius 2 is 2.28 bits per heavy atom. The van der Waals surface area contributed by atoms with Crippen molar-refractivity contribution in [3.8, 4) is 0 Å². The summed E-state index contributed by atoms with van der Waals surface area (Å²) in [4.78, 5) is 12.0. The van der Waals surface area contributed by atoms with Crippen LogP contribution in [0.15, 0.2) is 0 Å². The van der Waals surface area contributed by atoms with Gasteiger partial charge in [0.2, 0.25) is 5.91 Å². The maximum absolute atomic E-state index is 12.0. The molecule has 4 nitrogen and oxygen atoms in total. The van der Waals surface area contributed by atoms with Crippen molar-refractivity contribution in [2.75, 3.05) is 32.0 Å². The molecule has 2 aliphatic heterocycles. The molecule has 2 saturated heterocycles. The molecule has 0 aromatic rings. The van der Waals surface area contributed by atoms with Crippen LogP contribution in [0.1, 0.15) is 32.6 Å². The van der Waals surface area contributed by atoms with E-state index in [1.165, 1.54) is 0 Å². The Morgan fingerprint density at radius 3 is 2.94 bits per heavy atom. The third kappa shape index (κ3) is 3.87. The van der Waals surface area contributed by atoms with E-state index < -0.39 is 0 Å². The van der Waals surface area contributed by atoms with Gasteiger partial charge in [0.1, 0.15) is 0 Å². The van der Waals surface area contributed by atoms with Crippen molar-refractivity contribution in [1.82, 2.24) is 10.6 Å². The van der Waals surface area contributed by atoms with Crippen LogP contribution in [0.4, 0.5) is 0 Å². The fourth-order valence-electron chi connectivity index (χ4n) is 2.50. The average Bonchev–Trinajstić information content (AvgIpc) is 2.84. The number of carbonyl (C=O) groups is 1. The number of nitrogens with one attached hydrogen (secondary N) is 2. The van der Waals surface area contributed by atoms with Crippen molar-refractivity contribution < 1.29 is 9.53 Å². The van der Waals surface area contributed by atoms with Crippen LogP contribution in [0.2, 0.25) is 0 Å². The van der Waals surface area contributed by atoms with E-state index in [4.69, 9.17) is 4.74 Å². The minimum atomic E-state index is -0.200. The van der Waals surface area contributed by atoms with E-state index in [0.717, 1.165) is 44.5 Å². The van der Waals surface area contributed by atoms with Gasteiger partial charge in [0.15, 0.2) is 0 Å². The van der Waals surface area contributed by atoms with Gasteiger partial charge in [0, 0.05) is 6.54 Å². The van der Waals surface area contributed by atoms with E-state index in [2.05, 4.69) is 10.6 Å². The summed E-state index contributed by atoms with van der Waals surface area (Å²) in [6, 6.07) is 0. The second-order valence-corrected chi connectivity index (χ2v) is 6.86. The minimum absolute atomic E-state index is 0.180. The van der Waals surface area contributed by atoms with Crippen LogP contribution in [0, 0.1) is 0 Å².